The van der Waals surface area contributed by atoms with Crippen molar-refractivity contribution in [3.8, 4) is 5.75 Å². The van der Waals surface area contributed by atoms with Gasteiger partial charge in [-0.15, -0.1) is 0 Å². The molecular weight excluding hydrogens is 308 g/mol. The lowest BCUT2D eigenvalue weighted by Gasteiger charge is -2.19. The van der Waals surface area contributed by atoms with Gasteiger partial charge in [-0.2, -0.15) is 0 Å². The highest BCUT2D eigenvalue weighted by molar-refractivity contribution is 5.83. The summed E-state index contributed by atoms with van der Waals surface area (Å²) in [5, 5.41) is 10.9. The molecule has 0 aliphatic carbocycles. The van der Waals surface area contributed by atoms with Crippen molar-refractivity contribution in [3.63, 3.8) is 0 Å². The van der Waals surface area contributed by atoms with Crippen molar-refractivity contribution in [3.05, 3.63) is 71.4 Å². The molecule has 1 aliphatic heterocycles. The number of benzene rings is 2. The lowest BCUT2D eigenvalue weighted by atomic mass is 9.98. The van der Waals surface area contributed by atoms with Crippen molar-refractivity contribution in [1.29, 1.82) is 0 Å². The van der Waals surface area contributed by atoms with E-state index >= 15 is 0 Å². The molecule has 25 heavy (non-hydrogen) atoms. The average molecular weight is 332 g/mol. The van der Waals surface area contributed by atoms with Gasteiger partial charge in [-0.25, -0.2) is 0 Å². The summed E-state index contributed by atoms with van der Waals surface area (Å²) < 4.78 is 0. The minimum Gasteiger partial charge on any atom is -0.508 e. The summed E-state index contributed by atoms with van der Waals surface area (Å²) in [6.07, 6.45) is 4.13. The van der Waals surface area contributed by atoms with Gasteiger partial charge in [0.15, 0.2) is 0 Å². The highest BCUT2D eigenvalue weighted by Gasteiger charge is 2.23. The summed E-state index contributed by atoms with van der Waals surface area (Å²) in [6.45, 7) is 5.44. The maximum atomic E-state index is 9.65. The van der Waals surface area contributed by atoms with Crippen LogP contribution in [-0.4, -0.2) is 28.1 Å². The molecule has 1 N–H and O–H groups in total. The first kappa shape index (κ1) is 16.1. The number of likely N-dealkylation sites (tertiary alicyclic amines) is 1. The van der Waals surface area contributed by atoms with Gasteiger partial charge in [0.2, 0.25) is 0 Å². The van der Waals surface area contributed by atoms with Gasteiger partial charge in [-0.05, 0) is 73.2 Å². The van der Waals surface area contributed by atoms with Gasteiger partial charge in [0.05, 0.1) is 5.52 Å². The van der Waals surface area contributed by atoms with Crippen molar-refractivity contribution in [1.82, 2.24) is 9.88 Å². The van der Waals surface area contributed by atoms with E-state index in [1.807, 2.05) is 24.4 Å². The number of fused-ring (bicyclic) bond motifs is 1. The van der Waals surface area contributed by atoms with Crippen LogP contribution in [0.2, 0.25) is 0 Å². The third kappa shape index (κ3) is 3.52. The van der Waals surface area contributed by atoms with Crippen LogP contribution < -0.4 is 0 Å². The first-order valence-electron chi connectivity index (χ1n) is 9.02. The maximum Gasteiger partial charge on any atom is 0.115 e. The monoisotopic (exact) mass is 332 g/mol. The molecule has 3 aromatic rings. The van der Waals surface area contributed by atoms with E-state index in [0.29, 0.717) is 11.7 Å². The molecular formula is C22H24N2O. The van der Waals surface area contributed by atoms with Crippen LogP contribution in [0.5, 0.6) is 5.75 Å². The van der Waals surface area contributed by atoms with E-state index in [-0.39, 0.29) is 0 Å². The summed E-state index contributed by atoms with van der Waals surface area (Å²) in [5.74, 6) is 1.03. The van der Waals surface area contributed by atoms with Crippen molar-refractivity contribution < 1.29 is 5.11 Å². The van der Waals surface area contributed by atoms with Gasteiger partial charge in [-0.1, -0.05) is 24.3 Å². The van der Waals surface area contributed by atoms with Crippen LogP contribution in [0.1, 0.15) is 23.1 Å². The number of nitrogens with zero attached hydrogens (tertiary/aromatic N) is 2. The van der Waals surface area contributed by atoms with E-state index in [0.717, 1.165) is 31.6 Å². The largest absolute Gasteiger partial charge is 0.508 e. The van der Waals surface area contributed by atoms with Crippen molar-refractivity contribution in [2.45, 2.75) is 26.3 Å². The molecule has 0 saturated carbocycles. The lowest BCUT2D eigenvalue weighted by Crippen LogP contribution is -2.21. The predicted molar refractivity (Wildman–Crippen MR) is 102 cm³/mol. The second-order valence-electron chi connectivity index (χ2n) is 7.19. The molecule has 2 aromatic carbocycles. The Labute approximate surface area is 148 Å². The Morgan fingerprint density at radius 3 is 2.96 bits per heavy atom. The van der Waals surface area contributed by atoms with Crippen molar-refractivity contribution in [2.24, 2.45) is 5.92 Å². The number of rotatable bonds is 4. The van der Waals surface area contributed by atoms with Crippen molar-refractivity contribution >= 4 is 10.9 Å². The zero-order valence-electron chi connectivity index (χ0n) is 14.7. The van der Waals surface area contributed by atoms with Crippen LogP contribution in [0.25, 0.3) is 10.9 Å². The third-order valence-corrected chi connectivity index (χ3v) is 5.32. The van der Waals surface area contributed by atoms with Crippen LogP contribution in [0, 0.1) is 12.8 Å². The first-order valence-corrected chi connectivity index (χ1v) is 9.02. The van der Waals surface area contributed by atoms with Crippen LogP contribution in [0.3, 0.4) is 0 Å². The maximum absolute atomic E-state index is 9.65. The Morgan fingerprint density at radius 1 is 1.16 bits per heavy atom. The number of phenolic OH excluding ortho intramolecular Hbond substituents is 1. The Kier molecular flexibility index (Phi) is 4.41. The lowest BCUT2D eigenvalue weighted by molar-refractivity contribution is 0.317. The minimum atomic E-state index is 0.367. The standard InChI is InChI=1S/C22H24N2O/c1-16-7-8-22-20(6-3-10-23-22)21(16)15-24-11-9-18(14-24)12-17-4-2-5-19(25)13-17/h2-8,10,13,18,25H,9,11-12,14-15H2,1H3. The number of aryl methyl sites for hydroxylation is 1. The molecule has 2 heterocycles. The third-order valence-electron chi connectivity index (χ3n) is 5.32. The molecule has 0 spiro atoms. The first-order chi connectivity index (χ1) is 12.2. The molecule has 0 bridgehead atoms. The fraction of sp³-hybridized carbons (Fsp3) is 0.318. The summed E-state index contributed by atoms with van der Waals surface area (Å²) in [6, 6.07) is 16.2. The molecule has 1 saturated heterocycles. The van der Waals surface area contributed by atoms with Gasteiger partial charge < -0.3 is 5.11 Å². The van der Waals surface area contributed by atoms with Gasteiger partial charge in [-0.3, -0.25) is 9.88 Å². The van der Waals surface area contributed by atoms with Crippen LogP contribution in [0.4, 0.5) is 0 Å². The molecule has 0 radical (unpaired) electrons. The molecule has 1 aromatic heterocycles. The number of aromatic nitrogens is 1. The van der Waals surface area contributed by atoms with Crippen LogP contribution in [-0.2, 0) is 13.0 Å². The van der Waals surface area contributed by atoms with E-state index in [2.05, 4.69) is 41.1 Å². The number of phenols is 1. The Hall–Kier alpha value is -2.39. The summed E-state index contributed by atoms with van der Waals surface area (Å²) >= 11 is 0. The molecule has 1 aliphatic rings. The summed E-state index contributed by atoms with van der Waals surface area (Å²) in [7, 11) is 0. The smallest absolute Gasteiger partial charge is 0.115 e. The normalized spacial score (nSPS) is 18.0. The Morgan fingerprint density at radius 2 is 2.08 bits per heavy atom. The van der Waals surface area contributed by atoms with E-state index < -0.39 is 0 Å². The molecule has 1 unspecified atom stereocenters. The quantitative estimate of drug-likeness (QED) is 0.773. The highest BCUT2D eigenvalue weighted by Crippen LogP contribution is 2.27. The number of hydrogen-bond donors (Lipinski definition) is 1. The molecule has 0 amide bonds. The molecule has 4 rings (SSSR count). The van der Waals surface area contributed by atoms with Gasteiger partial charge in [0.25, 0.3) is 0 Å². The van der Waals surface area contributed by atoms with E-state index in [1.54, 1.807) is 6.07 Å². The number of pyridine rings is 1. The molecule has 1 fully saturated rings. The van der Waals surface area contributed by atoms with Crippen LogP contribution in [0.15, 0.2) is 54.7 Å². The Balaban J connectivity index is 1.47. The zero-order chi connectivity index (χ0) is 17.2. The second kappa shape index (κ2) is 6.85. The molecule has 3 heteroatoms. The zero-order valence-corrected chi connectivity index (χ0v) is 14.7. The van der Waals surface area contributed by atoms with E-state index in [9.17, 15) is 5.11 Å². The number of aromatic hydroxyl groups is 1. The van der Waals surface area contributed by atoms with E-state index in [4.69, 9.17) is 0 Å². The molecule has 128 valence electrons. The SMILES string of the molecule is Cc1ccc2ncccc2c1CN1CCC(Cc2cccc(O)c2)C1. The van der Waals surface area contributed by atoms with Crippen molar-refractivity contribution in [2.75, 3.05) is 13.1 Å². The van der Waals surface area contributed by atoms with E-state index in [1.165, 1.54) is 28.5 Å². The fourth-order valence-corrected chi connectivity index (χ4v) is 4.00. The molecule has 1 atom stereocenters. The van der Waals surface area contributed by atoms with Crippen LogP contribution >= 0.6 is 0 Å². The van der Waals surface area contributed by atoms with Gasteiger partial charge >= 0.3 is 0 Å². The second-order valence-corrected chi connectivity index (χ2v) is 7.19. The highest BCUT2D eigenvalue weighted by atomic mass is 16.3. The Bertz CT molecular complexity index is 890. The average Bonchev–Trinajstić information content (AvgIpc) is 3.04. The predicted octanol–water partition coefficient (Wildman–Crippen LogP) is 4.31. The minimum absolute atomic E-state index is 0.367. The van der Waals surface area contributed by atoms with Gasteiger partial charge in [0, 0.05) is 24.7 Å². The molecule has 3 nitrogen and oxygen atoms in total. The summed E-state index contributed by atoms with van der Waals surface area (Å²) in [4.78, 5) is 7.05. The number of hydrogen-bond acceptors (Lipinski definition) is 3. The fourth-order valence-electron chi connectivity index (χ4n) is 4.00. The van der Waals surface area contributed by atoms with Gasteiger partial charge in [0.1, 0.15) is 5.75 Å². The summed E-state index contributed by atoms with van der Waals surface area (Å²) in [5.41, 5.74) is 5.07. The topological polar surface area (TPSA) is 36.4 Å².